The zero-order chi connectivity index (χ0) is 16.1. The average Bonchev–Trinajstić information content (AvgIpc) is 2.48. The first-order valence-corrected chi connectivity index (χ1v) is 8.11. The van der Waals surface area contributed by atoms with Gasteiger partial charge in [-0.15, -0.1) is 0 Å². The lowest BCUT2D eigenvalue weighted by atomic mass is 10.1. The number of aldehydes is 1. The quantitative estimate of drug-likeness (QED) is 0.467. The fourth-order valence-electron chi connectivity index (χ4n) is 2.40. The molecule has 0 fully saturated rings. The Labute approximate surface area is 133 Å². The summed E-state index contributed by atoms with van der Waals surface area (Å²) in [5.41, 5.74) is 4.10. The molecule has 0 aliphatic carbocycles. The van der Waals surface area contributed by atoms with Gasteiger partial charge in [0.05, 0.1) is 0 Å². The molecule has 0 saturated carbocycles. The van der Waals surface area contributed by atoms with Crippen LogP contribution in [0.25, 0.3) is 0 Å². The number of benzene rings is 2. The number of carbonyl (C=O) groups excluding carboxylic acids is 1. The van der Waals surface area contributed by atoms with Crippen LogP contribution in [0.2, 0.25) is 0 Å². The number of aryl methyl sites for hydroxylation is 3. The molecule has 0 spiro atoms. The third-order valence-electron chi connectivity index (χ3n) is 3.34. The molecule has 0 aromatic heterocycles. The zero-order valence-corrected chi connectivity index (χ0v) is 14.4. The summed E-state index contributed by atoms with van der Waals surface area (Å²) in [6, 6.07) is 10.2. The molecule has 2 aromatic carbocycles. The molecule has 0 saturated heterocycles. The van der Waals surface area contributed by atoms with Gasteiger partial charge in [0, 0.05) is 18.0 Å². The van der Waals surface area contributed by atoms with Crippen LogP contribution in [0.1, 0.15) is 27.0 Å². The van der Waals surface area contributed by atoms with Crippen molar-refractivity contribution in [1.82, 2.24) is 0 Å². The molecule has 1 atom stereocenters. The van der Waals surface area contributed by atoms with Gasteiger partial charge in [-0.2, -0.15) is 0 Å². The van der Waals surface area contributed by atoms with Gasteiger partial charge in [0.15, 0.2) is 13.1 Å². The summed E-state index contributed by atoms with van der Waals surface area (Å²) in [6.45, 7) is 6.30. The molecule has 2 aromatic rings. The Kier molecular flexibility index (Phi) is 5.70. The molecule has 3 nitrogen and oxygen atoms in total. The van der Waals surface area contributed by atoms with Gasteiger partial charge in [-0.25, -0.2) is 0 Å². The van der Waals surface area contributed by atoms with E-state index in [9.17, 15) is 4.79 Å². The molecular formula is C18H21O3P. The van der Waals surface area contributed by atoms with Crippen molar-refractivity contribution in [3.63, 3.8) is 0 Å². The first-order valence-electron chi connectivity index (χ1n) is 7.11. The molecule has 2 rings (SSSR count). The van der Waals surface area contributed by atoms with Crippen LogP contribution in [0.15, 0.2) is 30.3 Å². The van der Waals surface area contributed by atoms with Gasteiger partial charge in [-0.05, 0) is 49.3 Å². The molecule has 0 amide bonds. The Bertz CT molecular complexity index is 680. The highest BCUT2D eigenvalue weighted by Gasteiger charge is 2.12. The molecule has 0 N–H and O–H groups in total. The third kappa shape index (κ3) is 3.94. The number of ether oxygens (including phenoxy) is 2. The molecular weight excluding hydrogens is 295 g/mol. The van der Waals surface area contributed by atoms with E-state index in [1.165, 1.54) is 5.56 Å². The van der Waals surface area contributed by atoms with Crippen LogP contribution in [0, 0.1) is 20.8 Å². The summed E-state index contributed by atoms with van der Waals surface area (Å²) in [4.78, 5) is 11.3. The van der Waals surface area contributed by atoms with E-state index in [0.29, 0.717) is 8.58 Å². The van der Waals surface area contributed by atoms with Crippen LogP contribution in [0.4, 0.5) is 0 Å². The summed E-state index contributed by atoms with van der Waals surface area (Å²) in [6.07, 6.45) is 0.924. The Morgan fingerprint density at radius 3 is 2.50 bits per heavy atom. The fraction of sp³-hybridized carbons (Fsp3) is 0.278. The van der Waals surface area contributed by atoms with Crippen molar-refractivity contribution in [3.05, 3.63) is 52.6 Å². The molecule has 0 heterocycles. The van der Waals surface area contributed by atoms with E-state index >= 15 is 0 Å². The minimum atomic E-state index is 0.218. The summed E-state index contributed by atoms with van der Waals surface area (Å²) in [5.74, 6) is 0.850. The van der Waals surface area contributed by atoms with E-state index in [2.05, 4.69) is 19.1 Å². The largest absolute Gasteiger partial charge is 0.467 e. The van der Waals surface area contributed by atoms with Crippen molar-refractivity contribution in [2.75, 3.05) is 13.9 Å². The summed E-state index contributed by atoms with van der Waals surface area (Å²) in [7, 11) is 1.98. The third-order valence-corrected chi connectivity index (χ3v) is 4.71. The lowest BCUT2D eigenvalue weighted by Crippen LogP contribution is -2.14. The van der Waals surface area contributed by atoms with Crippen molar-refractivity contribution in [2.24, 2.45) is 0 Å². The second-order valence-corrected chi connectivity index (χ2v) is 6.67. The smallest absolute Gasteiger partial charge is 0.188 e. The first kappa shape index (κ1) is 16.7. The van der Waals surface area contributed by atoms with Gasteiger partial charge in [-0.3, -0.25) is 4.79 Å². The fourth-order valence-corrected chi connectivity index (χ4v) is 3.81. The molecule has 116 valence electrons. The topological polar surface area (TPSA) is 35.5 Å². The average molecular weight is 316 g/mol. The van der Waals surface area contributed by atoms with Crippen LogP contribution in [0.5, 0.6) is 5.75 Å². The van der Waals surface area contributed by atoms with Gasteiger partial charge in [-0.1, -0.05) is 32.3 Å². The van der Waals surface area contributed by atoms with Crippen molar-refractivity contribution in [1.29, 1.82) is 0 Å². The van der Waals surface area contributed by atoms with E-state index in [1.807, 2.05) is 32.0 Å². The molecule has 1 unspecified atom stereocenters. The normalized spacial score (nSPS) is 11.1. The molecule has 0 radical (unpaired) electrons. The predicted octanol–water partition coefficient (Wildman–Crippen LogP) is 3.04. The van der Waals surface area contributed by atoms with Crippen molar-refractivity contribution >= 4 is 25.5 Å². The predicted molar refractivity (Wildman–Crippen MR) is 92.6 cm³/mol. The van der Waals surface area contributed by atoms with Crippen LogP contribution in [0.3, 0.4) is 0 Å². The lowest BCUT2D eigenvalue weighted by molar-refractivity contribution is 0.0514. The summed E-state index contributed by atoms with van der Waals surface area (Å²) >= 11 is 0. The number of rotatable bonds is 6. The maximum Gasteiger partial charge on any atom is 0.188 e. The minimum Gasteiger partial charge on any atom is -0.467 e. The van der Waals surface area contributed by atoms with E-state index in [4.69, 9.17) is 9.47 Å². The minimum absolute atomic E-state index is 0.218. The summed E-state index contributed by atoms with van der Waals surface area (Å²) < 4.78 is 10.8. The van der Waals surface area contributed by atoms with Gasteiger partial charge < -0.3 is 9.47 Å². The van der Waals surface area contributed by atoms with E-state index in [1.54, 1.807) is 7.11 Å². The van der Waals surface area contributed by atoms with Gasteiger partial charge in [0.25, 0.3) is 0 Å². The number of carbonyl (C=O) groups is 1. The van der Waals surface area contributed by atoms with E-state index < -0.39 is 0 Å². The van der Waals surface area contributed by atoms with Crippen LogP contribution in [-0.4, -0.2) is 20.2 Å². The lowest BCUT2D eigenvalue weighted by Gasteiger charge is -2.16. The van der Waals surface area contributed by atoms with Gasteiger partial charge in [0.2, 0.25) is 0 Å². The van der Waals surface area contributed by atoms with E-state index in [0.717, 1.165) is 39.3 Å². The first-order chi connectivity index (χ1) is 10.5. The molecule has 22 heavy (non-hydrogen) atoms. The molecule has 0 bridgehead atoms. The number of hydrogen-bond acceptors (Lipinski definition) is 3. The van der Waals surface area contributed by atoms with Crippen LogP contribution in [-0.2, 0) is 4.74 Å². The monoisotopic (exact) mass is 316 g/mol. The van der Waals surface area contributed by atoms with Crippen molar-refractivity contribution in [2.45, 2.75) is 20.8 Å². The number of hydrogen-bond donors (Lipinski definition) is 0. The molecule has 4 heteroatoms. The Balaban J connectivity index is 2.42. The maximum atomic E-state index is 11.3. The highest BCUT2D eigenvalue weighted by atomic mass is 31.1. The van der Waals surface area contributed by atoms with Gasteiger partial charge in [0.1, 0.15) is 5.75 Å². The Hall–Kier alpha value is -1.70. The highest BCUT2D eigenvalue weighted by Crippen LogP contribution is 2.25. The van der Waals surface area contributed by atoms with Gasteiger partial charge >= 0.3 is 0 Å². The number of methoxy groups -OCH3 is 1. The van der Waals surface area contributed by atoms with Crippen LogP contribution >= 0.6 is 8.58 Å². The Morgan fingerprint density at radius 2 is 1.82 bits per heavy atom. The SMILES string of the molecule is COCOc1c(C)cc(C)cc1Pc1ccc(C)cc1C=O. The molecule has 0 aliphatic heterocycles. The van der Waals surface area contributed by atoms with Crippen LogP contribution < -0.4 is 15.3 Å². The van der Waals surface area contributed by atoms with Crippen molar-refractivity contribution in [3.8, 4) is 5.75 Å². The summed E-state index contributed by atoms with van der Waals surface area (Å²) in [5, 5.41) is 2.13. The van der Waals surface area contributed by atoms with Crippen molar-refractivity contribution < 1.29 is 14.3 Å². The molecule has 0 aliphatic rings. The maximum absolute atomic E-state index is 11.3. The second-order valence-electron chi connectivity index (χ2n) is 5.34. The standard InChI is InChI=1S/C18H21O3P/c1-12-5-6-16(15(8-12)10-19)22-17-9-13(2)7-14(3)18(17)21-11-20-4/h5-10,22H,11H2,1-4H3. The zero-order valence-electron chi connectivity index (χ0n) is 13.4. The Morgan fingerprint density at radius 1 is 1.05 bits per heavy atom. The van der Waals surface area contributed by atoms with E-state index in [-0.39, 0.29) is 6.79 Å². The second kappa shape index (κ2) is 7.53. The highest BCUT2D eigenvalue weighted by molar-refractivity contribution is 7.56.